The van der Waals surface area contributed by atoms with Gasteiger partial charge in [-0.15, -0.1) is 0 Å². The fourth-order valence-corrected chi connectivity index (χ4v) is 6.46. The number of nitrogens with one attached hydrogen (secondary N) is 1. The van der Waals surface area contributed by atoms with Gasteiger partial charge >= 0.3 is 12.2 Å². The lowest BCUT2D eigenvalue weighted by atomic mass is 9.98. The summed E-state index contributed by atoms with van der Waals surface area (Å²) < 4.78 is 12.5. The summed E-state index contributed by atoms with van der Waals surface area (Å²) in [4.78, 5) is 29.5. The molecule has 0 saturated carbocycles. The largest absolute Gasteiger partial charge is 0.449 e. The summed E-state index contributed by atoms with van der Waals surface area (Å²) in [7, 11) is 0. The number of anilines is 1. The molecule has 3 aromatic rings. The molecule has 8 heteroatoms. The molecular weight excluding hydrogens is 629 g/mol. The van der Waals surface area contributed by atoms with E-state index in [1.807, 2.05) is 45.0 Å². The molecular formula is C33H38IN3O4. The van der Waals surface area contributed by atoms with Gasteiger partial charge in [0.05, 0.1) is 0 Å². The predicted molar refractivity (Wildman–Crippen MR) is 171 cm³/mol. The summed E-state index contributed by atoms with van der Waals surface area (Å²) in [6.07, 6.45) is -0.685. The molecule has 1 aliphatic heterocycles. The van der Waals surface area contributed by atoms with Crippen molar-refractivity contribution in [1.82, 2.24) is 10.2 Å². The van der Waals surface area contributed by atoms with Crippen molar-refractivity contribution >= 4 is 40.5 Å². The number of ether oxygens (including phenoxy) is 2. The molecule has 7 nitrogen and oxygen atoms in total. The van der Waals surface area contributed by atoms with Crippen LogP contribution in [0.4, 0.5) is 15.3 Å². The second kappa shape index (κ2) is 11.9. The van der Waals surface area contributed by atoms with Crippen LogP contribution in [0.25, 0.3) is 11.1 Å². The Hall–Kier alpha value is -3.27. The maximum Gasteiger partial charge on any atom is 0.410 e. The Bertz CT molecular complexity index is 1410. The van der Waals surface area contributed by atoms with Crippen LogP contribution in [0.5, 0.6) is 0 Å². The summed E-state index contributed by atoms with van der Waals surface area (Å²) in [6, 6.07) is 18.8. The molecule has 0 radical (unpaired) electrons. The van der Waals surface area contributed by atoms with Gasteiger partial charge in [0.25, 0.3) is 0 Å². The van der Waals surface area contributed by atoms with Gasteiger partial charge in [-0.05, 0) is 102 Å². The van der Waals surface area contributed by atoms with Crippen LogP contribution in [0.2, 0.25) is 0 Å². The number of carbonyl (C=O) groups is 2. The van der Waals surface area contributed by atoms with Crippen molar-refractivity contribution in [1.29, 1.82) is 0 Å². The molecule has 0 bridgehead atoms. The first-order chi connectivity index (χ1) is 19.5. The molecule has 0 unspecified atom stereocenters. The quantitative estimate of drug-likeness (QED) is 0.297. The molecule has 216 valence electrons. The number of carbonyl (C=O) groups excluding carboxylic acids is 2. The highest BCUT2D eigenvalue weighted by Gasteiger charge is 2.30. The van der Waals surface area contributed by atoms with Gasteiger partial charge in [-0.1, -0.05) is 48.5 Å². The van der Waals surface area contributed by atoms with E-state index in [1.165, 1.54) is 33.5 Å². The third-order valence-electron chi connectivity index (χ3n) is 7.87. The molecule has 1 saturated heterocycles. The molecule has 5 rings (SSSR count). The number of hydrogen-bond donors (Lipinski definition) is 1. The van der Waals surface area contributed by atoms with Crippen molar-refractivity contribution in [3.63, 3.8) is 0 Å². The lowest BCUT2D eigenvalue weighted by Gasteiger charge is -2.38. The van der Waals surface area contributed by atoms with Crippen LogP contribution < -0.4 is 10.2 Å². The monoisotopic (exact) mass is 667 g/mol. The lowest BCUT2D eigenvalue weighted by molar-refractivity contribution is 0.0240. The van der Waals surface area contributed by atoms with Crippen LogP contribution in [-0.2, 0) is 16.0 Å². The standard InChI is InChI=1S/C33H38IN3O4/c1-21-23(18-29(34)22(2)30(21)36-14-16-37(17-15-36)32(39)41-33(3,4)5)19-35-31(38)40-20-28-26-12-8-6-10-24(26)25-11-7-9-13-27(25)28/h6-13,18,28H,14-17,19-20H2,1-5H3,(H,35,38). The number of hydrogen-bond acceptors (Lipinski definition) is 5. The second-order valence-electron chi connectivity index (χ2n) is 11.7. The Morgan fingerprint density at radius 2 is 1.51 bits per heavy atom. The van der Waals surface area contributed by atoms with Gasteiger partial charge in [-0.25, -0.2) is 9.59 Å². The molecule has 1 heterocycles. The Morgan fingerprint density at radius 3 is 2.10 bits per heavy atom. The SMILES string of the molecule is Cc1c(I)cc(CNC(=O)OCC2c3ccccc3-c3ccccc32)c(C)c1N1CCN(C(=O)OC(C)(C)C)CC1. The molecule has 1 N–H and O–H groups in total. The average molecular weight is 668 g/mol. The minimum atomic E-state index is -0.508. The van der Waals surface area contributed by atoms with Crippen molar-refractivity contribution in [3.05, 3.63) is 86.0 Å². The number of benzene rings is 3. The Morgan fingerprint density at radius 1 is 0.927 bits per heavy atom. The fourth-order valence-electron chi connectivity index (χ4n) is 5.83. The minimum absolute atomic E-state index is 0.0289. The van der Waals surface area contributed by atoms with Gasteiger partial charge in [0, 0.05) is 47.9 Å². The summed E-state index contributed by atoms with van der Waals surface area (Å²) in [5.74, 6) is 0.0289. The third-order valence-corrected chi connectivity index (χ3v) is 8.99. The number of fused-ring (bicyclic) bond motifs is 3. The number of nitrogens with zero attached hydrogens (tertiary/aromatic N) is 2. The van der Waals surface area contributed by atoms with E-state index in [1.54, 1.807) is 4.90 Å². The fraction of sp³-hybridized carbons (Fsp3) is 0.394. The van der Waals surface area contributed by atoms with Crippen LogP contribution in [0.1, 0.15) is 54.5 Å². The average Bonchev–Trinajstić information content (AvgIpc) is 3.26. The van der Waals surface area contributed by atoms with E-state index in [0.717, 1.165) is 27.8 Å². The van der Waals surface area contributed by atoms with Crippen LogP contribution in [-0.4, -0.2) is 55.5 Å². The normalized spacial score (nSPS) is 14.9. The summed E-state index contributed by atoms with van der Waals surface area (Å²) >= 11 is 2.36. The number of rotatable bonds is 5. The van der Waals surface area contributed by atoms with Crippen molar-refractivity contribution in [2.75, 3.05) is 37.7 Å². The molecule has 1 aliphatic carbocycles. The van der Waals surface area contributed by atoms with E-state index in [0.29, 0.717) is 19.6 Å². The number of amides is 2. The van der Waals surface area contributed by atoms with E-state index >= 15 is 0 Å². The zero-order valence-corrected chi connectivity index (χ0v) is 26.6. The van der Waals surface area contributed by atoms with Crippen LogP contribution in [0, 0.1) is 17.4 Å². The zero-order valence-electron chi connectivity index (χ0n) is 24.4. The molecule has 41 heavy (non-hydrogen) atoms. The van der Waals surface area contributed by atoms with Crippen molar-refractivity contribution in [2.24, 2.45) is 0 Å². The van der Waals surface area contributed by atoms with Gasteiger partial charge in [-0.3, -0.25) is 0 Å². The number of halogens is 1. The first-order valence-electron chi connectivity index (χ1n) is 14.1. The molecule has 0 spiro atoms. The molecule has 3 aromatic carbocycles. The maximum atomic E-state index is 12.9. The number of alkyl carbamates (subject to hydrolysis) is 1. The Balaban J connectivity index is 1.22. The zero-order chi connectivity index (χ0) is 29.3. The molecule has 1 fully saturated rings. The van der Waals surface area contributed by atoms with Crippen LogP contribution >= 0.6 is 22.6 Å². The first kappa shape index (κ1) is 29.2. The van der Waals surface area contributed by atoms with Gasteiger partial charge in [-0.2, -0.15) is 0 Å². The highest BCUT2D eigenvalue weighted by Crippen LogP contribution is 2.44. The van der Waals surface area contributed by atoms with E-state index < -0.39 is 11.7 Å². The summed E-state index contributed by atoms with van der Waals surface area (Å²) in [5, 5.41) is 2.98. The minimum Gasteiger partial charge on any atom is -0.449 e. The predicted octanol–water partition coefficient (Wildman–Crippen LogP) is 7.00. The van der Waals surface area contributed by atoms with E-state index in [2.05, 4.69) is 77.0 Å². The third kappa shape index (κ3) is 6.32. The maximum absolute atomic E-state index is 12.9. The molecule has 0 atom stereocenters. The van der Waals surface area contributed by atoms with Crippen LogP contribution in [0.15, 0.2) is 54.6 Å². The van der Waals surface area contributed by atoms with Gasteiger partial charge in [0.2, 0.25) is 0 Å². The second-order valence-corrected chi connectivity index (χ2v) is 12.9. The van der Waals surface area contributed by atoms with Gasteiger partial charge in [0.15, 0.2) is 0 Å². The summed E-state index contributed by atoms with van der Waals surface area (Å²) in [6.45, 7) is 13.2. The van der Waals surface area contributed by atoms with Gasteiger partial charge < -0.3 is 24.6 Å². The highest BCUT2D eigenvalue weighted by atomic mass is 127. The van der Waals surface area contributed by atoms with Crippen molar-refractivity contribution in [3.8, 4) is 11.1 Å². The molecule has 0 aromatic heterocycles. The molecule has 2 amide bonds. The van der Waals surface area contributed by atoms with E-state index in [4.69, 9.17) is 9.47 Å². The number of piperazine rings is 1. The topological polar surface area (TPSA) is 71.1 Å². The highest BCUT2D eigenvalue weighted by molar-refractivity contribution is 14.1. The smallest absolute Gasteiger partial charge is 0.410 e. The van der Waals surface area contributed by atoms with E-state index in [-0.39, 0.29) is 18.6 Å². The van der Waals surface area contributed by atoms with E-state index in [9.17, 15) is 9.59 Å². The first-order valence-corrected chi connectivity index (χ1v) is 15.2. The van der Waals surface area contributed by atoms with Gasteiger partial charge in [0.1, 0.15) is 12.2 Å². The van der Waals surface area contributed by atoms with Crippen LogP contribution in [0.3, 0.4) is 0 Å². The lowest BCUT2D eigenvalue weighted by Crippen LogP contribution is -2.50. The van der Waals surface area contributed by atoms with Crippen molar-refractivity contribution < 1.29 is 19.1 Å². The Kier molecular flexibility index (Phi) is 8.50. The molecule has 2 aliphatic rings. The van der Waals surface area contributed by atoms with Crippen molar-refractivity contribution in [2.45, 2.75) is 52.7 Å². The summed E-state index contributed by atoms with van der Waals surface area (Å²) in [5.41, 5.74) is 8.87. The Labute approximate surface area is 256 Å².